The maximum absolute atomic E-state index is 16.7. The zero-order valence-electron chi connectivity index (χ0n) is 62.5. The van der Waals surface area contributed by atoms with E-state index in [1.807, 2.05) is 0 Å². The first kappa shape index (κ1) is 80.9. The van der Waals surface area contributed by atoms with E-state index in [9.17, 15) is 0 Å². The fourth-order valence-electron chi connectivity index (χ4n) is 14.8. The lowest BCUT2D eigenvalue weighted by Crippen LogP contribution is -2.70. The molecule has 0 fully saturated rings. The Morgan fingerprint density at radius 3 is 0.458 bits per heavy atom. The quantitative estimate of drug-likeness (QED) is 0.0165. The number of benzene rings is 6. The molecule has 0 amide bonds. The van der Waals surface area contributed by atoms with Crippen molar-refractivity contribution < 1.29 is 13.0 Å². The Labute approximate surface area is 594 Å². The Morgan fingerprint density at radius 1 is 0.198 bits per heavy atom. The lowest BCUT2D eigenvalue weighted by atomic mass is 10.0. The first-order chi connectivity index (χ1) is 47.3. The summed E-state index contributed by atoms with van der Waals surface area (Å²) in [6.07, 6.45) is 60.7. The molecule has 0 spiro atoms. The molecule has 0 saturated carbocycles. The molecular formula is C90H139O3PSi2. The highest BCUT2D eigenvalue weighted by Crippen LogP contribution is 2.35. The predicted molar refractivity (Wildman–Crippen MR) is 429 cm³/mol. The molecule has 96 heavy (non-hydrogen) atoms. The third kappa shape index (κ3) is 29.2. The van der Waals surface area contributed by atoms with Crippen molar-refractivity contribution in [1.82, 2.24) is 0 Å². The summed E-state index contributed by atoms with van der Waals surface area (Å²) in [7, 11) is -10.6. The molecule has 6 heteroatoms. The van der Waals surface area contributed by atoms with Crippen LogP contribution >= 0.6 is 8.25 Å². The third-order valence-corrected chi connectivity index (χ3v) is 31.7. The van der Waals surface area contributed by atoms with Crippen molar-refractivity contribution >= 4 is 56.0 Å². The van der Waals surface area contributed by atoms with Gasteiger partial charge in [0.1, 0.15) is 0 Å². The van der Waals surface area contributed by atoms with Gasteiger partial charge in [-0.05, 0) is 142 Å². The minimum atomic E-state index is -3.61. The first-order valence-corrected chi connectivity index (χ1v) is 45.9. The molecule has 0 bridgehead atoms. The Balaban J connectivity index is 1.47. The van der Waals surface area contributed by atoms with Gasteiger partial charge in [0.05, 0.1) is 0 Å². The van der Waals surface area contributed by atoms with Gasteiger partial charge in [-0.15, -0.1) is 0 Å². The number of rotatable bonds is 58. The second-order valence-corrected chi connectivity index (χ2v) is 37.5. The van der Waals surface area contributed by atoms with E-state index in [1.165, 1.54) is 303 Å². The minimum absolute atomic E-state index is 1.06. The molecule has 0 saturated heterocycles. The van der Waals surface area contributed by atoms with Gasteiger partial charge in [-0.2, -0.15) is 0 Å². The van der Waals surface area contributed by atoms with Crippen LogP contribution < -0.4 is 31.1 Å². The molecule has 0 aliphatic rings. The van der Waals surface area contributed by atoms with Gasteiger partial charge in [0.2, 0.25) is 0 Å². The van der Waals surface area contributed by atoms with Crippen molar-refractivity contribution in [3.63, 3.8) is 0 Å². The van der Waals surface area contributed by atoms with Crippen molar-refractivity contribution in [2.45, 2.75) is 350 Å². The average Bonchev–Trinajstić information content (AvgIpc) is 0.749. The van der Waals surface area contributed by atoms with Gasteiger partial charge >= 0.3 is 8.25 Å². The standard InChI is InChI=1S/C90H139O3PSi2/c1-7-13-19-25-31-37-43-49-79-55-67-85(68-56-79)95(86-69-57-80(58-70-86)50-44-38-32-26-20-14-8-2,87-71-59-81(60-72-87)51-45-39-33-27-21-15-9-3)92-94(91)93-96(88-73-61-82(62-74-88)52-46-40-34-28-22-16-10-4,89-75-63-83(64-76-89)53-47-41-35-29-23-17-11-5)90-77-65-84(66-78-90)54-48-42-36-30-24-18-12-6/h55-78,94H,7-54H2,1-6H3. The largest absolute Gasteiger partial charge is 0.339 e. The van der Waals surface area contributed by atoms with Crippen LogP contribution in [0.15, 0.2) is 146 Å². The number of aryl methyl sites for hydroxylation is 6. The molecule has 3 nitrogen and oxygen atoms in total. The van der Waals surface area contributed by atoms with Crippen LogP contribution in [0.5, 0.6) is 0 Å². The molecule has 0 aliphatic heterocycles. The summed E-state index contributed by atoms with van der Waals surface area (Å²) in [6.45, 7) is 13.8. The van der Waals surface area contributed by atoms with Crippen LogP contribution in [-0.2, 0) is 51.5 Å². The van der Waals surface area contributed by atoms with Crippen LogP contribution in [0.1, 0.15) is 345 Å². The molecule has 0 unspecified atom stereocenters. The van der Waals surface area contributed by atoms with Crippen LogP contribution in [0, 0.1) is 0 Å². The van der Waals surface area contributed by atoms with Gasteiger partial charge < -0.3 is 8.43 Å². The highest BCUT2D eigenvalue weighted by Gasteiger charge is 2.49. The zero-order chi connectivity index (χ0) is 67.8. The van der Waals surface area contributed by atoms with E-state index >= 15 is 4.57 Å². The smallest absolute Gasteiger partial charge is 0.301 e. The highest BCUT2D eigenvalue weighted by atomic mass is 31.1. The van der Waals surface area contributed by atoms with E-state index < -0.39 is 24.9 Å². The SMILES string of the molecule is CCCCCCCCCc1ccc([Si](O[PH](=O)O[Si](c2ccc(CCCCCCCCC)cc2)(c2ccc(CCCCCCCCC)cc2)c2ccc(CCCCCCCCC)cc2)(c2ccc(CCCCCCCCC)cc2)c2ccc(CCCCCCCCC)cc2)cc1. The minimum Gasteiger partial charge on any atom is -0.339 e. The van der Waals surface area contributed by atoms with Gasteiger partial charge in [-0.25, -0.2) is 0 Å². The average molecular weight is 1360 g/mol. The molecule has 6 rings (SSSR count). The van der Waals surface area contributed by atoms with Crippen LogP contribution in [-0.4, -0.2) is 16.6 Å². The molecule has 530 valence electrons. The van der Waals surface area contributed by atoms with E-state index in [1.54, 1.807) is 0 Å². The lowest BCUT2D eigenvalue weighted by Gasteiger charge is -2.37. The fraction of sp³-hybridized carbons (Fsp3) is 0.600. The molecule has 0 aliphatic carbocycles. The Hall–Kier alpha value is -4.10. The normalized spacial score (nSPS) is 12.0. The van der Waals surface area contributed by atoms with E-state index in [2.05, 4.69) is 187 Å². The van der Waals surface area contributed by atoms with Gasteiger partial charge in [-0.3, -0.25) is 4.57 Å². The molecule has 6 aromatic rings. The topological polar surface area (TPSA) is 35.5 Å². The van der Waals surface area contributed by atoms with E-state index in [-0.39, 0.29) is 0 Å². The van der Waals surface area contributed by atoms with Gasteiger partial charge in [0, 0.05) is 0 Å². The summed E-state index contributed by atoms with van der Waals surface area (Å²) in [5, 5.41) is 6.74. The monoisotopic (exact) mass is 1360 g/mol. The summed E-state index contributed by atoms with van der Waals surface area (Å²) in [5.74, 6) is 0. The second-order valence-electron chi connectivity index (χ2n) is 29.2. The Morgan fingerprint density at radius 2 is 0.323 bits per heavy atom. The molecule has 6 aromatic carbocycles. The molecule has 0 aromatic heterocycles. The number of unbranched alkanes of at least 4 members (excludes halogenated alkanes) is 36. The van der Waals surface area contributed by atoms with Gasteiger partial charge in [0.25, 0.3) is 16.6 Å². The maximum Gasteiger partial charge on any atom is 0.301 e. The predicted octanol–water partition coefficient (Wildman–Crippen LogP) is 24.5. The summed E-state index contributed by atoms with van der Waals surface area (Å²) in [4.78, 5) is 0. The summed E-state index contributed by atoms with van der Waals surface area (Å²) < 4.78 is 32.6. The van der Waals surface area contributed by atoms with Crippen LogP contribution in [0.4, 0.5) is 0 Å². The van der Waals surface area contributed by atoms with Crippen molar-refractivity contribution in [2.24, 2.45) is 0 Å². The summed E-state index contributed by atoms with van der Waals surface area (Å²) in [6, 6.07) is 56.8. The Kier molecular flexibility index (Phi) is 42.3. The van der Waals surface area contributed by atoms with Crippen molar-refractivity contribution in [3.8, 4) is 0 Å². The zero-order valence-corrected chi connectivity index (χ0v) is 65.5. The van der Waals surface area contributed by atoms with Gasteiger partial charge in [0.15, 0.2) is 0 Å². The summed E-state index contributed by atoms with van der Waals surface area (Å²) in [5.41, 5.74) is 8.18. The van der Waals surface area contributed by atoms with Crippen LogP contribution in [0.2, 0.25) is 0 Å². The number of hydrogen-bond acceptors (Lipinski definition) is 3. The van der Waals surface area contributed by atoms with Gasteiger partial charge in [-0.1, -0.05) is 418 Å². The molecule has 0 N–H and O–H groups in total. The lowest BCUT2D eigenvalue weighted by molar-refractivity contribution is 0.424. The Bertz CT molecular complexity index is 2370. The van der Waals surface area contributed by atoms with Crippen molar-refractivity contribution in [2.75, 3.05) is 0 Å². The highest BCUT2D eigenvalue weighted by molar-refractivity contribution is 7.41. The first-order valence-electron chi connectivity index (χ1n) is 40.8. The van der Waals surface area contributed by atoms with Crippen LogP contribution in [0.3, 0.4) is 0 Å². The van der Waals surface area contributed by atoms with E-state index in [0.717, 1.165) is 69.6 Å². The van der Waals surface area contributed by atoms with E-state index in [0.29, 0.717) is 0 Å². The van der Waals surface area contributed by atoms with Crippen molar-refractivity contribution in [3.05, 3.63) is 179 Å². The van der Waals surface area contributed by atoms with Crippen molar-refractivity contribution in [1.29, 1.82) is 0 Å². The molecule has 0 heterocycles. The second kappa shape index (κ2) is 50.3. The van der Waals surface area contributed by atoms with Crippen LogP contribution in [0.25, 0.3) is 0 Å². The molecule has 0 atom stereocenters. The molecular weight excluding hydrogens is 1220 g/mol. The fourth-order valence-corrected chi connectivity index (χ4v) is 26.0. The third-order valence-electron chi connectivity index (χ3n) is 21.0. The maximum atomic E-state index is 16.7. The van der Waals surface area contributed by atoms with E-state index in [4.69, 9.17) is 8.43 Å². The number of hydrogen-bond donors (Lipinski definition) is 0. The molecule has 0 radical (unpaired) electrons. The summed E-state index contributed by atoms with van der Waals surface area (Å²) >= 11 is 0.